The molecule has 0 radical (unpaired) electrons. The summed E-state index contributed by atoms with van der Waals surface area (Å²) < 4.78 is 7.15. The lowest BCUT2D eigenvalue weighted by atomic mass is 10.3. The highest BCUT2D eigenvalue weighted by Crippen LogP contribution is 2.22. The molecule has 0 aliphatic heterocycles. The van der Waals surface area contributed by atoms with Crippen LogP contribution in [0.1, 0.15) is 0 Å². The molecule has 0 saturated heterocycles. The second-order valence-corrected chi connectivity index (χ2v) is 4.07. The first kappa shape index (κ1) is 10.8. The van der Waals surface area contributed by atoms with E-state index in [4.69, 9.17) is 4.74 Å². The van der Waals surface area contributed by atoms with Gasteiger partial charge in [0.25, 0.3) is 0 Å². The predicted molar refractivity (Wildman–Crippen MR) is 70.5 cm³/mol. The van der Waals surface area contributed by atoms with Gasteiger partial charge in [-0.2, -0.15) is 0 Å². The monoisotopic (exact) mass is 239 g/mol. The van der Waals surface area contributed by atoms with Gasteiger partial charge in [0.1, 0.15) is 11.4 Å². The average Bonchev–Trinajstić information content (AvgIpc) is 2.77. The van der Waals surface area contributed by atoms with Gasteiger partial charge in [0.2, 0.25) is 0 Å². The van der Waals surface area contributed by atoms with Crippen molar-refractivity contribution < 1.29 is 4.74 Å². The molecule has 2 aromatic heterocycles. The van der Waals surface area contributed by atoms with Gasteiger partial charge in [-0.05, 0) is 24.3 Å². The number of pyridine rings is 1. The van der Waals surface area contributed by atoms with Gasteiger partial charge in [-0.25, -0.2) is 9.97 Å². The summed E-state index contributed by atoms with van der Waals surface area (Å²) in [4.78, 5) is 8.97. The molecule has 18 heavy (non-hydrogen) atoms. The van der Waals surface area contributed by atoms with Crippen LogP contribution in [-0.2, 0) is 7.05 Å². The summed E-state index contributed by atoms with van der Waals surface area (Å²) in [5, 5.41) is 0. The summed E-state index contributed by atoms with van der Waals surface area (Å²) in [6.45, 7) is 0. The van der Waals surface area contributed by atoms with Crippen LogP contribution in [0.5, 0.6) is 5.75 Å². The summed E-state index contributed by atoms with van der Waals surface area (Å²) >= 11 is 0. The van der Waals surface area contributed by atoms with Crippen LogP contribution in [-0.4, -0.2) is 21.6 Å². The van der Waals surface area contributed by atoms with E-state index in [0.717, 1.165) is 28.3 Å². The molecule has 0 spiro atoms. The van der Waals surface area contributed by atoms with Crippen molar-refractivity contribution in [1.29, 1.82) is 0 Å². The topological polar surface area (TPSA) is 39.9 Å². The van der Waals surface area contributed by atoms with Gasteiger partial charge in [-0.3, -0.25) is 0 Å². The van der Waals surface area contributed by atoms with Crippen LogP contribution in [0.15, 0.2) is 42.6 Å². The van der Waals surface area contributed by atoms with Crippen LogP contribution in [0.25, 0.3) is 22.6 Å². The molecule has 0 aliphatic rings. The zero-order valence-electron chi connectivity index (χ0n) is 10.3. The molecule has 0 aliphatic carbocycles. The van der Waals surface area contributed by atoms with Gasteiger partial charge in [0.15, 0.2) is 5.82 Å². The van der Waals surface area contributed by atoms with Crippen LogP contribution in [0.3, 0.4) is 0 Å². The molecule has 0 fully saturated rings. The predicted octanol–water partition coefficient (Wildman–Crippen LogP) is 2.64. The molecule has 0 amide bonds. The fourth-order valence-electron chi connectivity index (χ4n) is 2.01. The molecule has 90 valence electrons. The van der Waals surface area contributed by atoms with E-state index in [2.05, 4.69) is 16.0 Å². The Morgan fingerprint density at radius 1 is 1.11 bits per heavy atom. The molecule has 2 heterocycles. The summed E-state index contributed by atoms with van der Waals surface area (Å²) in [7, 11) is 3.63. The number of imidazole rings is 1. The molecule has 0 N–H and O–H groups in total. The number of aryl methyl sites for hydroxylation is 1. The third-order valence-electron chi connectivity index (χ3n) is 2.99. The first-order chi connectivity index (χ1) is 8.79. The highest BCUT2D eigenvalue weighted by Gasteiger charge is 2.10. The Kier molecular flexibility index (Phi) is 2.48. The van der Waals surface area contributed by atoms with Gasteiger partial charge >= 0.3 is 0 Å². The third kappa shape index (κ3) is 1.62. The first-order valence-electron chi connectivity index (χ1n) is 5.71. The zero-order valence-corrected chi connectivity index (χ0v) is 10.3. The highest BCUT2D eigenvalue weighted by atomic mass is 16.5. The van der Waals surface area contributed by atoms with Crippen molar-refractivity contribution in [3.8, 4) is 17.3 Å². The van der Waals surface area contributed by atoms with Crippen molar-refractivity contribution >= 4 is 11.0 Å². The van der Waals surface area contributed by atoms with Crippen LogP contribution in [0.2, 0.25) is 0 Å². The number of nitrogens with zero attached hydrogens (tertiary/aromatic N) is 3. The Hall–Kier alpha value is -2.36. The number of hydrogen-bond donors (Lipinski definition) is 0. The standard InChI is InChI=1S/C14H13N3O/c1-17-13-6-4-3-5-11(13)16-14(17)12-8-7-10(18-2)9-15-12/h3-9H,1-2H3. The number of aromatic nitrogens is 3. The largest absolute Gasteiger partial charge is 0.495 e. The van der Waals surface area contributed by atoms with E-state index in [1.807, 2.05) is 41.9 Å². The number of methoxy groups -OCH3 is 1. The van der Waals surface area contributed by atoms with Gasteiger partial charge in [-0.15, -0.1) is 0 Å². The number of para-hydroxylation sites is 2. The van der Waals surface area contributed by atoms with E-state index in [-0.39, 0.29) is 0 Å². The Balaban J connectivity index is 2.15. The van der Waals surface area contributed by atoms with Crippen molar-refractivity contribution in [2.75, 3.05) is 7.11 Å². The summed E-state index contributed by atoms with van der Waals surface area (Å²) in [5.41, 5.74) is 2.92. The molecule has 0 unspecified atom stereocenters. The maximum atomic E-state index is 5.10. The fraction of sp³-hybridized carbons (Fsp3) is 0.143. The Morgan fingerprint density at radius 2 is 1.94 bits per heavy atom. The quantitative estimate of drug-likeness (QED) is 0.690. The molecular formula is C14H13N3O. The molecule has 3 aromatic rings. The van der Waals surface area contributed by atoms with Crippen LogP contribution >= 0.6 is 0 Å². The number of benzene rings is 1. The Labute approximate surface area is 105 Å². The number of fused-ring (bicyclic) bond motifs is 1. The van der Waals surface area contributed by atoms with Gasteiger partial charge in [0, 0.05) is 7.05 Å². The second-order valence-electron chi connectivity index (χ2n) is 4.07. The fourth-order valence-corrected chi connectivity index (χ4v) is 2.01. The summed E-state index contributed by atoms with van der Waals surface area (Å²) in [6, 6.07) is 11.9. The van der Waals surface area contributed by atoms with Crippen LogP contribution < -0.4 is 4.74 Å². The number of rotatable bonds is 2. The van der Waals surface area contributed by atoms with Crippen molar-refractivity contribution in [2.24, 2.45) is 7.05 Å². The lowest BCUT2D eigenvalue weighted by molar-refractivity contribution is 0.413. The molecular weight excluding hydrogens is 226 g/mol. The van der Waals surface area contributed by atoms with Gasteiger partial charge in [-0.1, -0.05) is 12.1 Å². The molecule has 0 bridgehead atoms. The number of hydrogen-bond acceptors (Lipinski definition) is 3. The molecule has 0 atom stereocenters. The van der Waals surface area contributed by atoms with Crippen molar-refractivity contribution in [3.05, 3.63) is 42.6 Å². The maximum absolute atomic E-state index is 5.10. The van der Waals surface area contributed by atoms with E-state index in [1.54, 1.807) is 13.3 Å². The molecule has 4 heteroatoms. The zero-order chi connectivity index (χ0) is 12.5. The molecule has 3 rings (SSSR count). The summed E-state index contributed by atoms with van der Waals surface area (Å²) in [6.07, 6.45) is 1.70. The summed E-state index contributed by atoms with van der Waals surface area (Å²) in [5.74, 6) is 1.61. The van der Waals surface area contributed by atoms with E-state index in [1.165, 1.54) is 0 Å². The van der Waals surface area contributed by atoms with Crippen LogP contribution in [0.4, 0.5) is 0 Å². The van der Waals surface area contributed by atoms with Crippen molar-refractivity contribution in [2.45, 2.75) is 0 Å². The minimum absolute atomic E-state index is 0.748. The van der Waals surface area contributed by atoms with Gasteiger partial charge in [0.05, 0.1) is 24.3 Å². The normalized spacial score (nSPS) is 10.8. The second kappa shape index (κ2) is 4.14. The third-order valence-corrected chi connectivity index (χ3v) is 2.99. The van der Waals surface area contributed by atoms with E-state index >= 15 is 0 Å². The lowest BCUT2D eigenvalue weighted by Gasteiger charge is -2.03. The molecule has 4 nitrogen and oxygen atoms in total. The van der Waals surface area contributed by atoms with Gasteiger partial charge < -0.3 is 9.30 Å². The first-order valence-corrected chi connectivity index (χ1v) is 5.71. The van der Waals surface area contributed by atoms with E-state index in [9.17, 15) is 0 Å². The molecule has 1 aromatic carbocycles. The minimum Gasteiger partial charge on any atom is -0.495 e. The average molecular weight is 239 g/mol. The van der Waals surface area contributed by atoms with Crippen molar-refractivity contribution in [3.63, 3.8) is 0 Å². The van der Waals surface area contributed by atoms with Crippen molar-refractivity contribution in [1.82, 2.24) is 14.5 Å². The van der Waals surface area contributed by atoms with E-state index in [0.29, 0.717) is 0 Å². The maximum Gasteiger partial charge on any atom is 0.159 e. The Morgan fingerprint density at radius 3 is 2.61 bits per heavy atom. The Bertz CT molecular complexity index is 686. The SMILES string of the molecule is COc1ccc(-c2nc3ccccc3n2C)nc1. The molecule has 0 saturated carbocycles. The number of ether oxygens (including phenoxy) is 1. The highest BCUT2D eigenvalue weighted by molar-refractivity contribution is 5.79. The smallest absolute Gasteiger partial charge is 0.159 e. The lowest BCUT2D eigenvalue weighted by Crippen LogP contribution is -1.94. The van der Waals surface area contributed by atoms with E-state index < -0.39 is 0 Å². The van der Waals surface area contributed by atoms with Crippen LogP contribution in [0, 0.1) is 0 Å². The minimum atomic E-state index is 0.748.